The number of amides is 1. The number of rotatable bonds is 5. The first-order valence-electron chi connectivity index (χ1n) is 9.88. The van der Waals surface area contributed by atoms with Gasteiger partial charge in [-0.15, -0.1) is 24.8 Å². The van der Waals surface area contributed by atoms with E-state index in [1.54, 1.807) is 6.20 Å². The first-order valence-corrected chi connectivity index (χ1v) is 9.88. The number of ether oxygens (including phenoxy) is 1. The van der Waals surface area contributed by atoms with Crippen molar-refractivity contribution in [1.29, 1.82) is 0 Å². The van der Waals surface area contributed by atoms with Gasteiger partial charge in [0.05, 0.1) is 5.69 Å². The van der Waals surface area contributed by atoms with E-state index in [2.05, 4.69) is 10.3 Å². The Morgan fingerprint density at radius 3 is 2.55 bits per heavy atom. The van der Waals surface area contributed by atoms with E-state index in [1.165, 1.54) is 6.42 Å². The predicted molar refractivity (Wildman–Crippen MR) is 120 cm³/mol. The van der Waals surface area contributed by atoms with E-state index in [9.17, 15) is 4.79 Å². The van der Waals surface area contributed by atoms with E-state index < -0.39 is 0 Å². The molecule has 0 spiro atoms. The van der Waals surface area contributed by atoms with Crippen LogP contribution in [0.25, 0.3) is 0 Å². The number of benzene rings is 1. The van der Waals surface area contributed by atoms with Crippen LogP contribution in [0.15, 0.2) is 48.7 Å². The second-order valence-electron chi connectivity index (χ2n) is 7.82. The summed E-state index contributed by atoms with van der Waals surface area (Å²) in [5.41, 5.74) is 8.00. The Hall–Kier alpha value is -1.82. The lowest BCUT2D eigenvalue weighted by Gasteiger charge is -2.43. The summed E-state index contributed by atoms with van der Waals surface area (Å²) in [5, 5.41) is 3.08. The normalized spacial score (nSPS) is 25.1. The van der Waals surface area contributed by atoms with Crippen LogP contribution in [0.5, 0.6) is 5.75 Å². The molecule has 2 aromatic rings. The van der Waals surface area contributed by atoms with Crippen molar-refractivity contribution in [2.24, 2.45) is 23.5 Å². The number of fused-ring (bicyclic) bond motifs is 2. The molecule has 158 valence electrons. The number of hydrogen-bond acceptors (Lipinski definition) is 4. The van der Waals surface area contributed by atoms with Gasteiger partial charge >= 0.3 is 0 Å². The molecule has 29 heavy (non-hydrogen) atoms. The third kappa shape index (κ3) is 5.84. The smallest absolute Gasteiger partial charge is 0.227 e. The minimum Gasteiger partial charge on any atom is -0.487 e. The molecule has 1 heterocycles. The van der Waals surface area contributed by atoms with Gasteiger partial charge in [-0.3, -0.25) is 9.78 Å². The zero-order chi connectivity index (χ0) is 18.6. The molecule has 4 rings (SSSR count). The SMILES string of the molecule is Cl.Cl.NC1C2CCCC1CC(C(=O)Nc1cccc(OCc3ccccn3)c1)C2. The van der Waals surface area contributed by atoms with E-state index in [0.717, 1.165) is 42.8 Å². The van der Waals surface area contributed by atoms with Crippen molar-refractivity contribution in [3.8, 4) is 5.75 Å². The number of hydrogen-bond donors (Lipinski definition) is 2. The average molecular weight is 438 g/mol. The molecule has 0 radical (unpaired) electrons. The Labute approximate surface area is 184 Å². The van der Waals surface area contributed by atoms with Crippen molar-refractivity contribution < 1.29 is 9.53 Å². The lowest BCUT2D eigenvalue weighted by atomic mass is 9.65. The zero-order valence-electron chi connectivity index (χ0n) is 16.3. The first kappa shape index (κ1) is 23.5. The van der Waals surface area contributed by atoms with Gasteiger partial charge in [-0.25, -0.2) is 0 Å². The second kappa shape index (κ2) is 10.8. The Morgan fingerprint density at radius 1 is 1.10 bits per heavy atom. The van der Waals surface area contributed by atoms with Crippen LogP contribution in [-0.2, 0) is 11.4 Å². The van der Waals surface area contributed by atoms with Gasteiger partial charge in [0.1, 0.15) is 12.4 Å². The number of anilines is 1. The monoisotopic (exact) mass is 437 g/mol. The minimum atomic E-state index is 0. The molecule has 1 aromatic heterocycles. The number of carbonyl (C=O) groups excluding carboxylic acids is 1. The summed E-state index contributed by atoms with van der Waals surface area (Å²) in [6, 6.07) is 13.6. The molecule has 5 nitrogen and oxygen atoms in total. The molecule has 2 aliphatic carbocycles. The molecule has 1 amide bonds. The molecule has 0 saturated heterocycles. The van der Waals surface area contributed by atoms with Crippen molar-refractivity contribution >= 4 is 36.4 Å². The Bertz CT molecular complexity index is 777. The molecular weight excluding hydrogens is 409 g/mol. The lowest BCUT2D eigenvalue weighted by Crippen LogP contribution is -2.48. The molecule has 0 aliphatic heterocycles. The summed E-state index contributed by atoms with van der Waals surface area (Å²) in [5.74, 6) is 1.91. The maximum atomic E-state index is 12.8. The van der Waals surface area contributed by atoms with Gasteiger partial charge in [0.25, 0.3) is 0 Å². The van der Waals surface area contributed by atoms with Crippen molar-refractivity contribution in [2.45, 2.75) is 44.8 Å². The van der Waals surface area contributed by atoms with Crippen LogP contribution < -0.4 is 15.8 Å². The van der Waals surface area contributed by atoms with E-state index in [-0.39, 0.29) is 42.7 Å². The van der Waals surface area contributed by atoms with Crippen LogP contribution >= 0.6 is 24.8 Å². The number of nitrogens with zero attached hydrogens (tertiary/aromatic N) is 1. The Morgan fingerprint density at radius 2 is 1.86 bits per heavy atom. The fourth-order valence-electron chi connectivity index (χ4n) is 4.55. The molecule has 1 aromatic carbocycles. The highest BCUT2D eigenvalue weighted by Crippen LogP contribution is 2.42. The van der Waals surface area contributed by atoms with Crippen LogP contribution in [0.2, 0.25) is 0 Å². The van der Waals surface area contributed by atoms with Gasteiger partial charge in [-0.1, -0.05) is 18.6 Å². The van der Waals surface area contributed by atoms with Crippen molar-refractivity contribution in [3.05, 3.63) is 54.4 Å². The molecule has 2 saturated carbocycles. The molecule has 2 fully saturated rings. The topological polar surface area (TPSA) is 77.2 Å². The number of nitrogens with two attached hydrogens (primary N) is 1. The summed E-state index contributed by atoms with van der Waals surface area (Å²) < 4.78 is 5.80. The van der Waals surface area contributed by atoms with E-state index in [4.69, 9.17) is 10.5 Å². The summed E-state index contributed by atoms with van der Waals surface area (Å²) in [7, 11) is 0. The molecule has 3 N–H and O–H groups in total. The summed E-state index contributed by atoms with van der Waals surface area (Å²) in [4.78, 5) is 17.0. The fourth-order valence-corrected chi connectivity index (χ4v) is 4.55. The zero-order valence-corrected chi connectivity index (χ0v) is 18.0. The third-order valence-electron chi connectivity index (χ3n) is 6.00. The molecule has 7 heteroatoms. The van der Waals surface area contributed by atoms with Gasteiger partial charge in [0.15, 0.2) is 0 Å². The van der Waals surface area contributed by atoms with E-state index >= 15 is 0 Å². The quantitative estimate of drug-likeness (QED) is 0.716. The summed E-state index contributed by atoms with van der Waals surface area (Å²) in [6.45, 7) is 0.405. The molecule has 2 atom stereocenters. The van der Waals surface area contributed by atoms with Crippen LogP contribution in [0.4, 0.5) is 5.69 Å². The highest BCUT2D eigenvalue weighted by Gasteiger charge is 2.40. The number of carbonyl (C=O) groups is 1. The van der Waals surface area contributed by atoms with Crippen molar-refractivity contribution in [1.82, 2.24) is 4.98 Å². The number of aromatic nitrogens is 1. The molecular formula is C22H29Cl2N3O2. The first-order chi connectivity index (χ1) is 13.2. The Balaban J connectivity index is 0.00000150. The van der Waals surface area contributed by atoms with Crippen LogP contribution in [0.3, 0.4) is 0 Å². The summed E-state index contributed by atoms with van der Waals surface area (Å²) in [6.07, 6.45) is 7.17. The van der Waals surface area contributed by atoms with E-state index in [0.29, 0.717) is 18.4 Å². The maximum Gasteiger partial charge on any atom is 0.227 e. The van der Waals surface area contributed by atoms with Gasteiger partial charge in [0.2, 0.25) is 5.91 Å². The Kier molecular flexibility index (Phi) is 8.75. The van der Waals surface area contributed by atoms with Crippen LogP contribution in [0, 0.1) is 17.8 Å². The van der Waals surface area contributed by atoms with E-state index in [1.807, 2.05) is 42.5 Å². The number of nitrogens with one attached hydrogen (secondary N) is 1. The summed E-state index contributed by atoms with van der Waals surface area (Å²) >= 11 is 0. The highest BCUT2D eigenvalue weighted by atomic mass is 35.5. The second-order valence-corrected chi connectivity index (χ2v) is 7.82. The third-order valence-corrected chi connectivity index (χ3v) is 6.00. The van der Waals surface area contributed by atoms with Gasteiger partial charge in [0, 0.05) is 29.9 Å². The maximum absolute atomic E-state index is 12.8. The number of pyridine rings is 1. The van der Waals surface area contributed by atoms with Crippen molar-refractivity contribution in [2.75, 3.05) is 5.32 Å². The molecule has 2 aliphatic rings. The van der Waals surface area contributed by atoms with Crippen LogP contribution in [-0.4, -0.2) is 16.9 Å². The standard InChI is InChI=1S/C22H27N3O2.2ClH/c23-21-15-5-3-6-16(21)12-17(11-15)22(26)25-18-8-4-9-20(13-18)27-14-19-7-1-2-10-24-19;;/h1-2,4,7-10,13,15-17,21H,3,5-6,11-12,14,23H2,(H,25,26);2*1H. The van der Waals surface area contributed by atoms with Gasteiger partial charge < -0.3 is 15.8 Å². The van der Waals surface area contributed by atoms with Gasteiger partial charge in [-0.05, 0) is 61.8 Å². The minimum absolute atomic E-state index is 0. The predicted octanol–water partition coefficient (Wildman–Crippen LogP) is 4.60. The molecule has 2 bridgehead atoms. The molecule has 2 unspecified atom stereocenters. The lowest BCUT2D eigenvalue weighted by molar-refractivity contribution is -0.122. The van der Waals surface area contributed by atoms with Gasteiger partial charge in [-0.2, -0.15) is 0 Å². The largest absolute Gasteiger partial charge is 0.487 e. The highest BCUT2D eigenvalue weighted by molar-refractivity contribution is 5.92. The number of halogens is 2. The van der Waals surface area contributed by atoms with Crippen molar-refractivity contribution in [3.63, 3.8) is 0 Å². The average Bonchev–Trinajstić information content (AvgIpc) is 2.67. The fraction of sp³-hybridized carbons (Fsp3) is 0.455. The van der Waals surface area contributed by atoms with Crippen LogP contribution in [0.1, 0.15) is 37.8 Å².